The SMILES string of the molecule is Cc1cc(C)c(C(Br)C(F)(F)C(F)(F)F)s1. The van der Waals surface area contributed by atoms with E-state index in [9.17, 15) is 22.0 Å². The Hall–Kier alpha value is -0.170. The first kappa shape index (κ1) is 13.9. The quantitative estimate of drug-likeness (QED) is 0.531. The fraction of sp³-hybridized carbons (Fsp3) is 0.556. The second kappa shape index (κ2) is 4.25. The Kier molecular flexibility index (Phi) is 3.69. The van der Waals surface area contributed by atoms with Crippen LogP contribution in [0.2, 0.25) is 0 Å². The van der Waals surface area contributed by atoms with Crippen LogP contribution in [0.15, 0.2) is 6.07 Å². The molecule has 0 fully saturated rings. The van der Waals surface area contributed by atoms with E-state index in [1.54, 1.807) is 13.0 Å². The van der Waals surface area contributed by atoms with Crippen LogP contribution in [0.4, 0.5) is 22.0 Å². The van der Waals surface area contributed by atoms with Crippen molar-refractivity contribution < 1.29 is 22.0 Å². The number of thiophene rings is 1. The molecule has 0 bridgehead atoms. The lowest BCUT2D eigenvalue weighted by Crippen LogP contribution is -2.39. The first-order valence-electron chi connectivity index (χ1n) is 4.23. The van der Waals surface area contributed by atoms with Gasteiger partial charge in [0.1, 0.15) is 4.83 Å². The maximum atomic E-state index is 13.0. The Balaban J connectivity index is 3.11. The van der Waals surface area contributed by atoms with Gasteiger partial charge in [-0.05, 0) is 25.5 Å². The summed E-state index contributed by atoms with van der Waals surface area (Å²) in [5, 5.41) is 0. The maximum Gasteiger partial charge on any atom is 0.454 e. The number of halogens is 6. The van der Waals surface area contributed by atoms with Gasteiger partial charge in [0.25, 0.3) is 0 Å². The lowest BCUT2D eigenvalue weighted by Gasteiger charge is -2.24. The van der Waals surface area contributed by atoms with Crippen molar-refractivity contribution in [3.8, 4) is 0 Å². The van der Waals surface area contributed by atoms with Gasteiger partial charge in [0, 0.05) is 9.75 Å². The van der Waals surface area contributed by atoms with Crippen molar-refractivity contribution in [2.45, 2.75) is 30.8 Å². The van der Waals surface area contributed by atoms with Crippen LogP contribution in [-0.4, -0.2) is 12.1 Å². The van der Waals surface area contributed by atoms with Crippen molar-refractivity contribution in [1.29, 1.82) is 0 Å². The van der Waals surface area contributed by atoms with Gasteiger partial charge in [0.15, 0.2) is 0 Å². The van der Waals surface area contributed by atoms with Crippen LogP contribution >= 0.6 is 27.3 Å². The van der Waals surface area contributed by atoms with E-state index in [0.717, 1.165) is 11.3 Å². The Morgan fingerprint density at radius 2 is 1.69 bits per heavy atom. The summed E-state index contributed by atoms with van der Waals surface area (Å²) in [6.45, 7) is 3.17. The van der Waals surface area contributed by atoms with Gasteiger partial charge in [-0.1, -0.05) is 15.9 Å². The minimum absolute atomic E-state index is 0.0137. The molecule has 0 radical (unpaired) electrons. The molecule has 1 rings (SSSR count). The molecule has 0 spiro atoms. The average Bonchev–Trinajstić information content (AvgIpc) is 2.41. The standard InChI is InChI=1S/C9H8BrF5S/c1-4-3-5(2)16-6(4)7(10)8(11,12)9(13,14)15/h3,7H,1-2H3. The fourth-order valence-corrected chi connectivity index (χ4v) is 3.17. The zero-order valence-corrected chi connectivity index (χ0v) is 10.7. The van der Waals surface area contributed by atoms with E-state index >= 15 is 0 Å². The monoisotopic (exact) mass is 322 g/mol. The van der Waals surface area contributed by atoms with E-state index in [2.05, 4.69) is 15.9 Å². The van der Waals surface area contributed by atoms with Crippen LogP contribution < -0.4 is 0 Å². The van der Waals surface area contributed by atoms with E-state index in [1.165, 1.54) is 6.92 Å². The number of hydrogen-bond donors (Lipinski definition) is 0. The van der Waals surface area contributed by atoms with Crippen molar-refractivity contribution >= 4 is 27.3 Å². The molecule has 0 nitrogen and oxygen atoms in total. The van der Waals surface area contributed by atoms with Crippen LogP contribution in [-0.2, 0) is 0 Å². The summed E-state index contributed by atoms with van der Waals surface area (Å²) >= 11 is 3.39. The van der Waals surface area contributed by atoms with Gasteiger partial charge < -0.3 is 0 Å². The van der Waals surface area contributed by atoms with Crippen molar-refractivity contribution in [3.05, 3.63) is 21.4 Å². The van der Waals surface area contributed by atoms with E-state index in [1.807, 2.05) is 0 Å². The predicted molar refractivity (Wildman–Crippen MR) is 56.5 cm³/mol. The summed E-state index contributed by atoms with van der Waals surface area (Å²) in [7, 11) is 0. The molecule has 1 heterocycles. The van der Waals surface area contributed by atoms with Gasteiger partial charge in [-0.3, -0.25) is 0 Å². The highest BCUT2D eigenvalue weighted by Gasteiger charge is 2.62. The highest BCUT2D eigenvalue weighted by Crippen LogP contribution is 2.51. The van der Waals surface area contributed by atoms with Crippen LogP contribution in [0.5, 0.6) is 0 Å². The van der Waals surface area contributed by atoms with Gasteiger partial charge >= 0.3 is 12.1 Å². The van der Waals surface area contributed by atoms with E-state index in [-0.39, 0.29) is 4.88 Å². The number of aryl methyl sites for hydroxylation is 2. The maximum absolute atomic E-state index is 13.0. The summed E-state index contributed by atoms with van der Waals surface area (Å²) in [6, 6.07) is 1.58. The van der Waals surface area contributed by atoms with Gasteiger partial charge in [0.2, 0.25) is 0 Å². The molecule has 0 saturated carbocycles. The number of alkyl halides is 6. The van der Waals surface area contributed by atoms with Crippen molar-refractivity contribution in [2.24, 2.45) is 0 Å². The smallest absolute Gasteiger partial charge is 0.195 e. The van der Waals surface area contributed by atoms with Crippen molar-refractivity contribution in [1.82, 2.24) is 0 Å². The van der Waals surface area contributed by atoms with Crippen LogP contribution in [0.25, 0.3) is 0 Å². The third kappa shape index (κ3) is 2.40. The molecule has 1 unspecified atom stereocenters. The molecule has 0 aliphatic heterocycles. The molecule has 7 heteroatoms. The number of hydrogen-bond acceptors (Lipinski definition) is 1. The Bertz CT molecular complexity index is 382. The Labute approximate surface area is 102 Å². The molecule has 92 valence electrons. The van der Waals surface area contributed by atoms with Crippen molar-refractivity contribution in [2.75, 3.05) is 0 Å². The molecule has 1 aromatic heterocycles. The molecular formula is C9H8BrF5S. The molecule has 0 N–H and O–H groups in total. The van der Waals surface area contributed by atoms with Crippen LogP contribution in [0.1, 0.15) is 20.1 Å². The molecule has 0 aliphatic rings. The summed E-state index contributed by atoms with van der Waals surface area (Å²) in [4.78, 5) is -1.31. The van der Waals surface area contributed by atoms with Gasteiger partial charge in [0.05, 0.1) is 0 Å². The summed E-state index contributed by atoms with van der Waals surface area (Å²) < 4.78 is 62.5. The van der Waals surface area contributed by atoms with Gasteiger partial charge in [-0.25, -0.2) is 0 Å². The first-order valence-corrected chi connectivity index (χ1v) is 5.96. The van der Waals surface area contributed by atoms with Crippen molar-refractivity contribution in [3.63, 3.8) is 0 Å². The lowest BCUT2D eigenvalue weighted by atomic mass is 10.1. The molecule has 0 aromatic carbocycles. The van der Waals surface area contributed by atoms with Gasteiger partial charge in [-0.2, -0.15) is 22.0 Å². The lowest BCUT2D eigenvalue weighted by molar-refractivity contribution is -0.281. The first-order chi connectivity index (χ1) is 7.07. The third-order valence-electron chi connectivity index (χ3n) is 2.01. The average molecular weight is 323 g/mol. The molecular weight excluding hydrogens is 315 g/mol. The largest absolute Gasteiger partial charge is 0.454 e. The summed E-state index contributed by atoms with van der Waals surface area (Å²) in [5.41, 5.74) is 0.438. The van der Waals surface area contributed by atoms with E-state index < -0.39 is 16.9 Å². The Morgan fingerprint density at radius 3 is 2.00 bits per heavy atom. The predicted octanol–water partition coefficient (Wildman–Crippen LogP) is 5.00. The molecule has 0 saturated heterocycles. The minimum Gasteiger partial charge on any atom is -0.195 e. The molecule has 0 aliphatic carbocycles. The Morgan fingerprint density at radius 1 is 1.19 bits per heavy atom. The van der Waals surface area contributed by atoms with E-state index in [4.69, 9.17) is 0 Å². The molecule has 16 heavy (non-hydrogen) atoms. The molecule has 1 aromatic rings. The molecule has 1 atom stereocenters. The second-order valence-electron chi connectivity index (χ2n) is 3.39. The zero-order chi connectivity index (χ0) is 12.7. The van der Waals surface area contributed by atoms with E-state index in [0.29, 0.717) is 10.4 Å². The minimum atomic E-state index is -5.55. The highest BCUT2D eigenvalue weighted by atomic mass is 79.9. The summed E-state index contributed by atoms with van der Waals surface area (Å²) in [5.74, 6) is -4.77. The normalized spacial score (nSPS) is 15.2. The third-order valence-corrected chi connectivity index (χ3v) is 4.56. The van der Waals surface area contributed by atoms with Crippen LogP contribution in [0.3, 0.4) is 0 Å². The number of rotatable bonds is 2. The zero-order valence-electron chi connectivity index (χ0n) is 8.33. The molecule has 0 amide bonds. The fourth-order valence-electron chi connectivity index (χ4n) is 1.22. The van der Waals surface area contributed by atoms with Gasteiger partial charge in [-0.15, -0.1) is 11.3 Å². The summed E-state index contributed by atoms with van der Waals surface area (Å²) in [6.07, 6.45) is -5.55. The highest BCUT2D eigenvalue weighted by molar-refractivity contribution is 9.09. The van der Waals surface area contributed by atoms with Crippen LogP contribution in [0, 0.1) is 13.8 Å². The second-order valence-corrected chi connectivity index (χ2v) is 5.59. The topological polar surface area (TPSA) is 0 Å².